The zero-order chi connectivity index (χ0) is 14.8. The molecule has 0 spiro atoms. The van der Waals surface area contributed by atoms with Crippen LogP contribution in [0.1, 0.15) is 38.1 Å². The number of carbonyl (C=O) groups is 1. The second-order valence-corrected chi connectivity index (χ2v) is 6.98. The van der Waals surface area contributed by atoms with E-state index in [4.69, 9.17) is 23.2 Å². The summed E-state index contributed by atoms with van der Waals surface area (Å²) in [6.07, 6.45) is 0. The van der Waals surface area contributed by atoms with Gasteiger partial charge in [-0.15, -0.1) is 0 Å². The number of halogens is 2. The Labute approximate surface area is 125 Å². The minimum absolute atomic E-state index is 0.0217. The molecule has 1 atom stereocenters. The maximum absolute atomic E-state index is 12.4. The van der Waals surface area contributed by atoms with Crippen LogP contribution in [0.4, 0.5) is 0 Å². The predicted octanol–water partition coefficient (Wildman–Crippen LogP) is 4.54. The van der Waals surface area contributed by atoms with Gasteiger partial charge in [-0.05, 0) is 37.6 Å². The normalized spacial score (nSPS) is 13.7. The third-order valence-corrected chi connectivity index (χ3v) is 3.51. The number of nitrogens with zero attached hydrogens (tertiary/aromatic N) is 1. The van der Waals surface area contributed by atoms with Crippen LogP contribution in [0, 0.1) is 5.41 Å². The van der Waals surface area contributed by atoms with Crippen molar-refractivity contribution in [1.82, 2.24) is 4.90 Å². The summed E-state index contributed by atoms with van der Waals surface area (Å²) in [6.45, 7) is 9.19. The van der Waals surface area contributed by atoms with E-state index < -0.39 is 0 Å². The van der Waals surface area contributed by atoms with Crippen LogP contribution < -0.4 is 0 Å². The number of Topliss-reactive ketones (excluding diaryl/α,β-unsaturated/α-hetero) is 1. The lowest BCUT2D eigenvalue weighted by Gasteiger charge is -2.30. The molecule has 19 heavy (non-hydrogen) atoms. The molecule has 0 bridgehead atoms. The molecule has 0 aliphatic heterocycles. The zero-order valence-corrected chi connectivity index (χ0v) is 13.6. The molecule has 0 heterocycles. The molecule has 0 saturated heterocycles. The fraction of sp³-hybridized carbons (Fsp3) is 0.533. The lowest BCUT2D eigenvalue weighted by Crippen LogP contribution is -2.40. The first-order chi connectivity index (χ1) is 8.61. The van der Waals surface area contributed by atoms with E-state index in [2.05, 4.69) is 20.8 Å². The highest BCUT2D eigenvalue weighted by molar-refractivity contribution is 6.37. The second-order valence-electron chi connectivity index (χ2n) is 6.14. The summed E-state index contributed by atoms with van der Waals surface area (Å²) >= 11 is 11.9. The SMILES string of the molecule is CC(C(=O)c1ccc(Cl)cc1Cl)N(C)CC(C)(C)C. The molecule has 0 amide bonds. The lowest BCUT2D eigenvalue weighted by atomic mass is 9.94. The largest absolute Gasteiger partial charge is 0.296 e. The highest BCUT2D eigenvalue weighted by Gasteiger charge is 2.24. The summed E-state index contributed by atoms with van der Waals surface area (Å²) in [6, 6.07) is 4.77. The highest BCUT2D eigenvalue weighted by Crippen LogP contribution is 2.24. The topological polar surface area (TPSA) is 20.3 Å². The number of benzene rings is 1. The minimum atomic E-state index is -0.210. The first-order valence-corrected chi connectivity index (χ1v) is 7.07. The van der Waals surface area contributed by atoms with Gasteiger partial charge in [0.2, 0.25) is 0 Å². The maximum Gasteiger partial charge on any atom is 0.181 e. The molecule has 1 aromatic rings. The molecule has 0 aliphatic carbocycles. The minimum Gasteiger partial charge on any atom is -0.296 e. The van der Waals surface area contributed by atoms with Crippen molar-refractivity contribution in [2.24, 2.45) is 5.41 Å². The monoisotopic (exact) mass is 301 g/mol. The number of hydrogen-bond acceptors (Lipinski definition) is 2. The number of carbonyl (C=O) groups excluding carboxylic acids is 1. The van der Waals surface area contributed by atoms with E-state index >= 15 is 0 Å². The molecule has 0 aliphatic rings. The number of hydrogen-bond donors (Lipinski definition) is 0. The van der Waals surface area contributed by atoms with E-state index in [-0.39, 0.29) is 17.2 Å². The van der Waals surface area contributed by atoms with Crippen molar-refractivity contribution in [3.63, 3.8) is 0 Å². The fourth-order valence-corrected chi connectivity index (χ4v) is 2.50. The van der Waals surface area contributed by atoms with Crippen LogP contribution >= 0.6 is 23.2 Å². The molecule has 1 aromatic carbocycles. The Morgan fingerprint density at radius 3 is 2.37 bits per heavy atom. The molecular weight excluding hydrogens is 281 g/mol. The molecule has 0 fully saturated rings. The van der Waals surface area contributed by atoms with Gasteiger partial charge in [0.05, 0.1) is 11.1 Å². The Kier molecular flexibility index (Phi) is 5.43. The van der Waals surface area contributed by atoms with E-state index in [0.29, 0.717) is 15.6 Å². The fourth-order valence-electron chi connectivity index (χ4n) is 2.00. The summed E-state index contributed by atoms with van der Waals surface area (Å²) in [5.74, 6) is 0.0217. The average molecular weight is 302 g/mol. The van der Waals surface area contributed by atoms with Gasteiger partial charge in [-0.25, -0.2) is 0 Å². The van der Waals surface area contributed by atoms with Gasteiger partial charge in [0.1, 0.15) is 0 Å². The zero-order valence-electron chi connectivity index (χ0n) is 12.1. The third-order valence-electron chi connectivity index (χ3n) is 2.96. The maximum atomic E-state index is 12.4. The van der Waals surface area contributed by atoms with Crippen molar-refractivity contribution in [2.75, 3.05) is 13.6 Å². The molecule has 0 N–H and O–H groups in total. The Balaban J connectivity index is 2.87. The molecule has 1 rings (SSSR count). The van der Waals surface area contributed by atoms with Crippen molar-refractivity contribution in [3.8, 4) is 0 Å². The standard InChI is InChI=1S/C15H21Cl2NO/c1-10(18(5)9-15(2,3)4)14(19)12-7-6-11(16)8-13(12)17/h6-8,10H,9H2,1-5H3. The van der Waals surface area contributed by atoms with E-state index in [0.717, 1.165) is 6.54 Å². The highest BCUT2D eigenvalue weighted by atomic mass is 35.5. The molecule has 2 nitrogen and oxygen atoms in total. The molecule has 1 unspecified atom stereocenters. The van der Waals surface area contributed by atoms with Crippen LogP contribution in [-0.2, 0) is 0 Å². The van der Waals surface area contributed by atoms with Crippen molar-refractivity contribution in [3.05, 3.63) is 33.8 Å². The Morgan fingerprint density at radius 1 is 1.32 bits per heavy atom. The number of likely N-dealkylation sites (N-methyl/N-ethyl adjacent to an activating group) is 1. The summed E-state index contributed by atoms with van der Waals surface area (Å²) in [7, 11) is 1.96. The van der Waals surface area contributed by atoms with Gasteiger partial charge in [-0.1, -0.05) is 44.0 Å². The van der Waals surface area contributed by atoms with Crippen molar-refractivity contribution >= 4 is 29.0 Å². The smallest absolute Gasteiger partial charge is 0.181 e. The van der Waals surface area contributed by atoms with Gasteiger partial charge in [-0.2, -0.15) is 0 Å². The summed E-state index contributed by atoms with van der Waals surface area (Å²) in [4.78, 5) is 14.5. The first-order valence-electron chi connectivity index (χ1n) is 6.31. The van der Waals surface area contributed by atoms with Gasteiger partial charge in [0.25, 0.3) is 0 Å². The molecule has 0 aromatic heterocycles. The van der Waals surface area contributed by atoms with Crippen LogP contribution in [0.5, 0.6) is 0 Å². The predicted molar refractivity (Wildman–Crippen MR) is 82.3 cm³/mol. The lowest BCUT2D eigenvalue weighted by molar-refractivity contribution is 0.0831. The Hall–Kier alpha value is -0.570. The van der Waals surface area contributed by atoms with Gasteiger partial charge in [0, 0.05) is 17.1 Å². The average Bonchev–Trinajstić information content (AvgIpc) is 2.24. The Morgan fingerprint density at radius 2 is 1.89 bits per heavy atom. The van der Waals surface area contributed by atoms with Crippen molar-refractivity contribution in [1.29, 1.82) is 0 Å². The molecule has 0 radical (unpaired) electrons. The summed E-state index contributed by atoms with van der Waals surface area (Å²) in [5.41, 5.74) is 0.673. The van der Waals surface area contributed by atoms with Crippen LogP contribution in [-0.4, -0.2) is 30.3 Å². The second kappa shape index (κ2) is 6.25. The van der Waals surface area contributed by atoms with E-state index in [1.807, 2.05) is 18.9 Å². The quantitative estimate of drug-likeness (QED) is 0.761. The van der Waals surface area contributed by atoms with E-state index in [9.17, 15) is 4.79 Å². The van der Waals surface area contributed by atoms with Gasteiger partial charge < -0.3 is 0 Å². The summed E-state index contributed by atoms with van der Waals surface area (Å²) < 4.78 is 0. The molecule has 4 heteroatoms. The third kappa shape index (κ3) is 4.79. The van der Waals surface area contributed by atoms with Gasteiger partial charge in [0.15, 0.2) is 5.78 Å². The number of ketones is 1. The molecular formula is C15H21Cl2NO. The van der Waals surface area contributed by atoms with E-state index in [1.54, 1.807) is 18.2 Å². The molecule has 0 saturated carbocycles. The Bertz CT molecular complexity index is 466. The molecule has 106 valence electrons. The van der Waals surface area contributed by atoms with Gasteiger partial charge in [-0.3, -0.25) is 9.69 Å². The van der Waals surface area contributed by atoms with Crippen LogP contribution in [0.25, 0.3) is 0 Å². The van der Waals surface area contributed by atoms with Crippen LogP contribution in [0.3, 0.4) is 0 Å². The van der Waals surface area contributed by atoms with Crippen molar-refractivity contribution in [2.45, 2.75) is 33.7 Å². The van der Waals surface area contributed by atoms with Gasteiger partial charge >= 0.3 is 0 Å². The van der Waals surface area contributed by atoms with Crippen LogP contribution in [0.2, 0.25) is 10.0 Å². The number of rotatable bonds is 4. The van der Waals surface area contributed by atoms with Crippen molar-refractivity contribution < 1.29 is 4.79 Å². The van der Waals surface area contributed by atoms with E-state index in [1.165, 1.54) is 0 Å². The first kappa shape index (κ1) is 16.5. The van der Waals surface area contributed by atoms with Crippen LogP contribution in [0.15, 0.2) is 18.2 Å². The summed E-state index contributed by atoms with van der Waals surface area (Å²) in [5, 5.41) is 0.950.